The van der Waals surface area contributed by atoms with Crippen LogP contribution in [0.4, 0.5) is 0 Å². The fourth-order valence-corrected chi connectivity index (χ4v) is 0.860. The Morgan fingerprint density at radius 2 is 2.15 bits per heavy atom. The van der Waals surface area contributed by atoms with E-state index in [9.17, 15) is 9.59 Å². The van der Waals surface area contributed by atoms with Crippen molar-refractivity contribution in [2.24, 2.45) is 0 Å². The van der Waals surface area contributed by atoms with Gasteiger partial charge in [0.1, 0.15) is 6.61 Å². The van der Waals surface area contributed by atoms with Crippen LogP contribution in [0.25, 0.3) is 0 Å². The third-order valence-corrected chi connectivity index (χ3v) is 1.47. The first-order valence-corrected chi connectivity index (χ1v) is 4.06. The molecule has 0 bridgehead atoms. The van der Waals surface area contributed by atoms with E-state index in [1.807, 2.05) is 0 Å². The molecule has 0 saturated carbocycles. The second-order valence-corrected chi connectivity index (χ2v) is 2.83. The summed E-state index contributed by atoms with van der Waals surface area (Å²) in [4.78, 5) is 21.1. The lowest BCUT2D eigenvalue weighted by atomic mass is 10.2. The van der Waals surface area contributed by atoms with Gasteiger partial charge in [0.05, 0.1) is 0 Å². The minimum absolute atomic E-state index is 0.0113. The van der Waals surface area contributed by atoms with Crippen LogP contribution >= 0.6 is 0 Å². The van der Waals surface area contributed by atoms with Crippen molar-refractivity contribution in [2.75, 3.05) is 13.7 Å². The molecular weight excluding hydrogens is 174 g/mol. The van der Waals surface area contributed by atoms with Gasteiger partial charge in [-0.1, -0.05) is 0 Å². The number of carboxylic acids is 1. The van der Waals surface area contributed by atoms with Gasteiger partial charge in [-0.3, -0.25) is 9.59 Å². The maximum atomic E-state index is 10.9. The van der Waals surface area contributed by atoms with Crippen molar-refractivity contribution >= 4 is 11.9 Å². The molecule has 0 spiro atoms. The molecule has 0 aromatic heterocycles. The Hall–Kier alpha value is -1.10. The van der Waals surface area contributed by atoms with Crippen LogP contribution in [-0.2, 0) is 14.3 Å². The van der Waals surface area contributed by atoms with Crippen LogP contribution in [0, 0.1) is 0 Å². The fourth-order valence-electron chi connectivity index (χ4n) is 0.860. The summed E-state index contributed by atoms with van der Waals surface area (Å²) in [6.07, 6.45) is 0.499. The largest absolute Gasteiger partial charge is 0.481 e. The quantitative estimate of drug-likeness (QED) is 0.616. The van der Waals surface area contributed by atoms with E-state index in [1.165, 1.54) is 7.11 Å². The fraction of sp³-hybridized carbons (Fsp3) is 0.750. The normalized spacial score (nSPS) is 12.2. The van der Waals surface area contributed by atoms with E-state index in [0.717, 1.165) is 0 Å². The highest BCUT2D eigenvalue weighted by molar-refractivity contribution is 5.77. The summed E-state index contributed by atoms with van der Waals surface area (Å²) in [6, 6.07) is -0.126. The molecule has 76 valence electrons. The van der Waals surface area contributed by atoms with Crippen LogP contribution in [0.15, 0.2) is 0 Å². The van der Waals surface area contributed by atoms with Crippen LogP contribution in [0.2, 0.25) is 0 Å². The molecular formula is C8H15NO4. The molecule has 0 aliphatic rings. The number of hydrogen-bond donors (Lipinski definition) is 2. The van der Waals surface area contributed by atoms with Crippen molar-refractivity contribution in [3.05, 3.63) is 0 Å². The Morgan fingerprint density at radius 3 is 2.62 bits per heavy atom. The first-order valence-electron chi connectivity index (χ1n) is 4.06. The number of carbonyl (C=O) groups excluding carboxylic acids is 1. The smallest absolute Gasteiger partial charge is 0.303 e. The van der Waals surface area contributed by atoms with Crippen molar-refractivity contribution in [3.63, 3.8) is 0 Å². The Morgan fingerprint density at radius 1 is 1.54 bits per heavy atom. The van der Waals surface area contributed by atoms with Gasteiger partial charge in [0.2, 0.25) is 5.91 Å². The molecule has 1 atom stereocenters. The molecule has 1 unspecified atom stereocenters. The second kappa shape index (κ2) is 6.42. The van der Waals surface area contributed by atoms with Crippen molar-refractivity contribution in [1.82, 2.24) is 5.32 Å². The Bertz CT molecular complexity index is 181. The van der Waals surface area contributed by atoms with E-state index in [2.05, 4.69) is 10.1 Å². The zero-order valence-electron chi connectivity index (χ0n) is 7.87. The number of carbonyl (C=O) groups is 2. The zero-order valence-corrected chi connectivity index (χ0v) is 7.87. The predicted octanol–water partition coefficient (Wildman–Crippen LogP) is 0.00230. The summed E-state index contributed by atoms with van der Waals surface area (Å²) in [7, 11) is 1.43. The molecule has 0 fully saturated rings. The van der Waals surface area contributed by atoms with Gasteiger partial charge in [0.25, 0.3) is 0 Å². The monoisotopic (exact) mass is 189 g/mol. The van der Waals surface area contributed by atoms with Gasteiger partial charge in [0, 0.05) is 19.6 Å². The molecule has 0 saturated heterocycles. The van der Waals surface area contributed by atoms with Crippen LogP contribution < -0.4 is 5.32 Å². The third kappa shape index (κ3) is 7.27. The summed E-state index contributed by atoms with van der Waals surface area (Å²) < 4.78 is 4.60. The first-order chi connectivity index (χ1) is 6.06. The number of nitrogens with one attached hydrogen (secondary N) is 1. The summed E-state index contributed by atoms with van der Waals surface area (Å²) in [5.41, 5.74) is 0. The Labute approximate surface area is 77.1 Å². The number of aliphatic carboxylic acids is 1. The predicted molar refractivity (Wildman–Crippen MR) is 46.4 cm³/mol. The number of amides is 1. The lowest BCUT2D eigenvalue weighted by Gasteiger charge is -2.11. The Balaban J connectivity index is 3.55. The maximum absolute atomic E-state index is 10.9. The van der Waals surface area contributed by atoms with Gasteiger partial charge in [-0.05, 0) is 13.3 Å². The molecule has 0 aromatic rings. The van der Waals surface area contributed by atoms with E-state index in [0.29, 0.717) is 6.42 Å². The van der Waals surface area contributed by atoms with Crippen molar-refractivity contribution in [3.8, 4) is 0 Å². The van der Waals surface area contributed by atoms with E-state index in [-0.39, 0.29) is 25.0 Å². The van der Waals surface area contributed by atoms with Crippen LogP contribution in [0.5, 0.6) is 0 Å². The minimum atomic E-state index is -0.854. The summed E-state index contributed by atoms with van der Waals surface area (Å²) in [5.74, 6) is -1.08. The molecule has 0 radical (unpaired) electrons. The number of methoxy groups -OCH3 is 1. The molecule has 0 aromatic carbocycles. The summed E-state index contributed by atoms with van der Waals surface area (Å²) in [5, 5.41) is 11.0. The number of ether oxygens (including phenoxy) is 1. The van der Waals surface area contributed by atoms with E-state index in [1.54, 1.807) is 6.92 Å². The molecule has 2 N–H and O–H groups in total. The lowest BCUT2D eigenvalue weighted by Crippen LogP contribution is -2.35. The third-order valence-electron chi connectivity index (χ3n) is 1.47. The molecule has 0 rings (SSSR count). The second-order valence-electron chi connectivity index (χ2n) is 2.83. The first kappa shape index (κ1) is 11.9. The average Bonchev–Trinajstić information content (AvgIpc) is 2.01. The van der Waals surface area contributed by atoms with Gasteiger partial charge in [-0.2, -0.15) is 0 Å². The number of carboxylic acid groups (broad SMARTS) is 1. The molecule has 0 aliphatic carbocycles. The highest BCUT2D eigenvalue weighted by Crippen LogP contribution is 1.95. The van der Waals surface area contributed by atoms with Gasteiger partial charge < -0.3 is 15.2 Å². The highest BCUT2D eigenvalue weighted by atomic mass is 16.5. The number of rotatable bonds is 6. The average molecular weight is 189 g/mol. The molecule has 1 amide bonds. The molecule has 0 heterocycles. The van der Waals surface area contributed by atoms with Gasteiger partial charge >= 0.3 is 5.97 Å². The minimum Gasteiger partial charge on any atom is -0.481 e. The van der Waals surface area contributed by atoms with Crippen molar-refractivity contribution < 1.29 is 19.4 Å². The SMILES string of the molecule is COCC(=O)NC(C)CCC(=O)O. The Kier molecular flexibility index (Phi) is 5.88. The van der Waals surface area contributed by atoms with E-state index < -0.39 is 5.97 Å². The number of hydrogen-bond acceptors (Lipinski definition) is 3. The van der Waals surface area contributed by atoms with Gasteiger partial charge in [-0.15, -0.1) is 0 Å². The zero-order chi connectivity index (χ0) is 10.3. The molecule has 5 heteroatoms. The van der Waals surface area contributed by atoms with Crippen molar-refractivity contribution in [1.29, 1.82) is 0 Å². The van der Waals surface area contributed by atoms with Crippen LogP contribution in [0.1, 0.15) is 19.8 Å². The maximum Gasteiger partial charge on any atom is 0.303 e. The van der Waals surface area contributed by atoms with Crippen LogP contribution in [0.3, 0.4) is 0 Å². The summed E-state index contributed by atoms with van der Waals surface area (Å²) in [6.45, 7) is 1.77. The van der Waals surface area contributed by atoms with E-state index in [4.69, 9.17) is 5.11 Å². The van der Waals surface area contributed by atoms with Gasteiger partial charge in [-0.25, -0.2) is 0 Å². The van der Waals surface area contributed by atoms with Crippen LogP contribution in [-0.4, -0.2) is 36.7 Å². The van der Waals surface area contributed by atoms with E-state index >= 15 is 0 Å². The molecule has 0 aliphatic heterocycles. The molecule has 5 nitrogen and oxygen atoms in total. The van der Waals surface area contributed by atoms with Gasteiger partial charge in [0.15, 0.2) is 0 Å². The summed E-state index contributed by atoms with van der Waals surface area (Å²) >= 11 is 0. The van der Waals surface area contributed by atoms with Crippen molar-refractivity contribution in [2.45, 2.75) is 25.8 Å². The lowest BCUT2D eigenvalue weighted by molar-refractivity contribution is -0.137. The standard InChI is InChI=1S/C8H15NO4/c1-6(3-4-8(11)12)9-7(10)5-13-2/h6H,3-5H2,1-2H3,(H,9,10)(H,11,12). The molecule has 13 heavy (non-hydrogen) atoms. The topological polar surface area (TPSA) is 75.6 Å². The highest BCUT2D eigenvalue weighted by Gasteiger charge is 2.08.